The average molecular weight is 238 g/mol. The van der Waals surface area contributed by atoms with Gasteiger partial charge in [-0.1, -0.05) is 6.92 Å². The highest BCUT2D eigenvalue weighted by Gasteiger charge is 2.08. The minimum absolute atomic E-state index is 0.105. The molecular formula is C12H22N4O. The standard InChI is InChI=1S/C12H22N4O/c1-5-10(7-13)15-12-14-9(4)6-11(16-12)17-8(2)3/h6,8,10H,5,7,13H2,1-4H3,(H,14,15,16). The summed E-state index contributed by atoms with van der Waals surface area (Å²) in [6.07, 6.45) is 1.04. The van der Waals surface area contributed by atoms with Crippen LogP contribution in [0.5, 0.6) is 5.88 Å². The van der Waals surface area contributed by atoms with Crippen LogP contribution in [0.15, 0.2) is 6.07 Å². The van der Waals surface area contributed by atoms with E-state index in [1.54, 1.807) is 0 Å². The molecule has 1 aromatic heterocycles. The Morgan fingerprint density at radius 2 is 2.12 bits per heavy atom. The van der Waals surface area contributed by atoms with Crippen LogP contribution in [0, 0.1) is 6.92 Å². The molecule has 3 N–H and O–H groups in total. The molecule has 1 unspecified atom stereocenters. The molecule has 1 atom stereocenters. The number of nitrogens with one attached hydrogen (secondary N) is 1. The molecule has 0 spiro atoms. The van der Waals surface area contributed by atoms with Gasteiger partial charge in [0.2, 0.25) is 11.8 Å². The van der Waals surface area contributed by atoms with Crippen molar-refractivity contribution >= 4 is 5.95 Å². The van der Waals surface area contributed by atoms with Gasteiger partial charge in [0, 0.05) is 24.3 Å². The summed E-state index contributed by atoms with van der Waals surface area (Å²) in [7, 11) is 0. The van der Waals surface area contributed by atoms with Gasteiger partial charge in [-0.2, -0.15) is 4.98 Å². The Morgan fingerprint density at radius 1 is 1.41 bits per heavy atom. The lowest BCUT2D eigenvalue weighted by Crippen LogP contribution is -2.29. The van der Waals surface area contributed by atoms with E-state index < -0.39 is 0 Å². The third-order valence-corrected chi connectivity index (χ3v) is 2.30. The maximum absolute atomic E-state index is 5.64. The fourth-order valence-corrected chi connectivity index (χ4v) is 1.42. The lowest BCUT2D eigenvalue weighted by molar-refractivity contribution is 0.232. The summed E-state index contributed by atoms with van der Waals surface area (Å²) < 4.78 is 5.56. The first kappa shape index (κ1) is 13.7. The zero-order valence-electron chi connectivity index (χ0n) is 11.0. The smallest absolute Gasteiger partial charge is 0.226 e. The highest BCUT2D eigenvalue weighted by Crippen LogP contribution is 2.14. The number of rotatable bonds is 6. The van der Waals surface area contributed by atoms with E-state index in [0.29, 0.717) is 18.4 Å². The van der Waals surface area contributed by atoms with E-state index in [1.807, 2.05) is 26.8 Å². The van der Waals surface area contributed by atoms with E-state index in [2.05, 4.69) is 22.2 Å². The molecule has 0 aliphatic heterocycles. The number of aryl methyl sites for hydroxylation is 1. The first-order valence-corrected chi connectivity index (χ1v) is 6.04. The fraction of sp³-hybridized carbons (Fsp3) is 0.667. The van der Waals surface area contributed by atoms with E-state index in [-0.39, 0.29) is 12.1 Å². The molecule has 1 rings (SSSR count). The lowest BCUT2D eigenvalue weighted by atomic mass is 10.2. The van der Waals surface area contributed by atoms with Gasteiger partial charge in [0.25, 0.3) is 0 Å². The van der Waals surface area contributed by atoms with Gasteiger partial charge in [0.15, 0.2) is 0 Å². The van der Waals surface area contributed by atoms with Crippen LogP contribution in [-0.4, -0.2) is 28.7 Å². The first-order valence-electron chi connectivity index (χ1n) is 6.04. The zero-order valence-corrected chi connectivity index (χ0v) is 11.0. The van der Waals surface area contributed by atoms with Crippen molar-refractivity contribution in [3.05, 3.63) is 11.8 Å². The van der Waals surface area contributed by atoms with Crippen molar-refractivity contribution in [2.75, 3.05) is 11.9 Å². The largest absolute Gasteiger partial charge is 0.475 e. The number of ether oxygens (including phenoxy) is 1. The molecule has 5 heteroatoms. The van der Waals surface area contributed by atoms with Gasteiger partial charge < -0.3 is 15.8 Å². The third kappa shape index (κ3) is 4.56. The summed E-state index contributed by atoms with van der Waals surface area (Å²) in [6, 6.07) is 2.03. The second-order valence-electron chi connectivity index (χ2n) is 4.32. The normalized spacial score (nSPS) is 12.6. The molecule has 0 fully saturated rings. The highest BCUT2D eigenvalue weighted by molar-refractivity contribution is 5.31. The van der Waals surface area contributed by atoms with E-state index in [4.69, 9.17) is 10.5 Å². The van der Waals surface area contributed by atoms with Crippen LogP contribution >= 0.6 is 0 Å². The van der Waals surface area contributed by atoms with Gasteiger partial charge in [-0.3, -0.25) is 0 Å². The van der Waals surface area contributed by atoms with Gasteiger partial charge in [0.1, 0.15) is 0 Å². The second kappa shape index (κ2) is 6.39. The van der Waals surface area contributed by atoms with Crippen LogP contribution in [0.4, 0.5) is 5.95 Å². The van der Waals surface area contributed by atoms with Crippen molar-refractivity contribution in [3.63, 3.8) is 0 Å². The minimum atomic E-state index is 0.105. The van der Waals surface area contributed by atoms with Crippen molar-refractivity contribution in [3.8, 4) is 5.88 Å². The fourth-order valence-electron chi connectivity index (χ4n) is 1.42. The summed E-state index contributed by atoms with van der Waals surface area (Å²) in [4.78, 5) is 8.63. The van der Waals surface area contributed by atoms with Crippen molar-refractivity contribution in [2.45, 2.75) is 46.3 Å². The van der Waals surface area contributed by atoms with Gasteiger partial charge in [-0.25, -0.2) is 4.98 Å². The Morgan fingerprint density at radius 3 is 2.65 bits per heavy atom. The molecule has 0 radical (unpaired) electrons. The molecule has 0 aromatic carbocycles. The molecule has 17 heavy (non-hydrogen) atoms. The summed E-state index contributed by atoms with van der Waals surface area (Å²) in [5, 5.41) is 3.21. The number of hydrogen-bond acceptors (Lipinski definition) is 5. The van der Waals surface area contributed by atoms with Crippen LogP contribution in [0.3, 0.4) is 0 Å². The SMILES string of the molecule is CCC(CN)Nc1nc(C)cc(OC(C)C)n1. The van der Waals surface area contributed by atoms with Crippen molar-refractivity contribution in [1.82, 2.24) is 9.97 Å². The molecule has 1 heterocycles. The van der Waals surface area contributed by atoms with E-state index in [1.165, 1.54) is 0 Å². The Labute approximate surface area is 103 Å². The number of aromatic nitrogens is 2. The van der Waals surface area contributed by atoms with Crippen molar-refractivity contribution in [2.24, 2.45) is 5.73 Å². The Hall–Kier alpha value is -1.36. The van der Waals surface area contributed by atoms with Crippen LogP contribution in [0.25, 0.3) is 0 Å². The van der Waals surface area contributed by atoms with Crippen molar-refractivity contribution in [1.29, 1.82) is 0 Å². The van der Waals surface area contributed by atoms with E-state index in [9.17, 15) is 0 Å². The molecule has 0 saturated carbocycles. The summed E-state index contributed by atoms with van der Waals surface area (Å²) in [5.74, 6) is 1.18. The molecule has 5 nitrogen and oxygen atoms in total. The number of nitrogens with two attached hydrogens (primary N) is 1. The Bertz CT molecular complexity index is 350. The van der Waals surface area contributed by atoms with Crippen molar-refractivity contribution < 1.29 is 4.74 Å². The molecule has 1 aromatic rings. The monoisotopic (exact) mass is 238 g/mol. The van der Waals surface area contributed by atoms with Crippen LogP contribution in [0.2, 0.25) is 0 Å². The summed E-state index contributed by atoms with van der Waals surface area (Å²) >= 11 is 0. The molecular weight excluding hydrogens is 216 g/mol. The lowest BCUT2D eigenvalue weighted by Gasteiger charge is -2.16. The summed E-state index contributed by atoms with van der Waals surface area (Å²) in [5.41, 5.74) is 6.52. The number of nitrogens with zero attached hydrogens (tertiary/aromatic N) is 2. The average Bonchev–Trinajstić information content (AvgIpc) is 2.24. The minimum Gasteiger partial charge on any atom is -0.475 e. The van der Waals surface area contributed by atoms with Crippen LogP contribution in [-0.2, 0) is 0 Å². The molecule has 0 saturated heterocycles. The van der Waals surface area contributed by atoms with E-state index in [0.717, 1.165) is 12.1 Å². The molecule has 0 amide bonds. The van der Waals surface area contributed by atoms with Gasteiger partial charge >= 0.3 is 0 Å². The maximum atomic E-state index is 5.64. The zero-order chi connectivity index (χ0) is 12.8. The number of anilines is 1. The van der Waals surface area contributed by atoms with Crippen LogP contribution in [0.1, 0.15) is 32.9 Å². The quantitative estimate of drug-likeness (QED) is 0.789. The molecule has 0 bridgehead atoms. The highest BCUT2D eigenvalue weighted by atomic mass is 16.5. The topological polar surface area (TPSA) is 73.1 Å². The number of hydrogen-bond donors (Lipinski definition) is 2. The molecule has 0 aliphatic rings. The third-order valence-electron chi connectivity index (χ3n) is 2.30. The van der Waals surface area contributed by atoms with E-state index >= 15 is 0 Å². The predicted octanol–water partition coefficient (Wildman–Crippen LogP) is 1.72. The molecule has 96 valence electrons. The van der Waals surface area contributed by atoms with Gasteiger partial charge in [-0.15, -0.1) is 0 Å². The van der Waals surface area contributed by atoms with Gasteiger partial charge in [0.05, 0.1) is 6.10 Å². The molecule has 0 aliphatic carbocycles. The Balaban J connectivity index is 2.81. The second-order valence-corrected chi connectivity index (χ2v) is 4.32. The predicted molar refractivity (Wildman–Crippen MR) is 69.3 cm³/mol. The van der Waals surface area contributed by atoms with Crippen LogP contribution < -0.4 is 15.8 Å². The summed E-state index contributed by atoms with van der Waals surface area (Å²) in [6.45, 7) is 8.50. The Kier molecular flexibility index (Phi) is 5.15. The first-order chi connectivity index (χ1) is 8.05. The maximum Gasteiger partial charge on any atom is 0.226 e. The van der Waals surface area contributed by atoms with Gasteiger partial charge in [-0.05, 0) is 27.2 Å².